The number of hydrogen-bond acceptors (Lipinski definition) is 1. The Kier molecular flexibility index (Phi) is 2.69. The van der Waals surface area contributed by atoms with E-state index in [0.717, 1.165) is 24.8 Å². The third kappa shape index (κ3) is 1.98. The van der Waals surface area contributed by atoms with Crippen LogP contribution in [0.2, 0.25) is 0 Å². The molecule has 1 saturated carbocycles. The molecular formula is C19H19NO. The molecule has 2 N–H and O–H groups in total. The third-order valence-electron chi connectivity index (χ3n) is 4.81. The second kappa shape index (κ2) is 4.47. The van der Waals surface area contributed by atoms with Crippen LogP contribution in [-0.2, 0) is 5.60 Å². The second-order valence-corrected chi connectivity index (χ2v) is 6.19. The first-order chi connectivity index (χ1) is 10.2. The van der Waals surface area contributed by atoms with E-state index in [2.05, 4.69) is 54.4 Å². The van der Waals surface area contributed by atoms with Gasteiger partial charge in [-0.1, -0.05) is 24.3 Å². The van der Waals surface area contributed by atoms with Crippen LogP contribution in [0.4, 0.5) is 0 Å². The van der Waals surface area contributed by atoms with Gasteiger partial charge in [-0.25, -0.2) is 0 Å². The molecule has 4 rings (SSSR count). The van der Waals surface area contributed by atoms with Gasteiger partial charge in [0.15, 0.2) is 0 Å². The Morgan fingerprint density at radius 1 is 1.05 bits per heavy atom. The number of aromatic amines is 1. The summed E-state index contributed by atoms with van der Waals surface area (Å²) in [6.07, 6.45) is 4.88. The predicted molar refractivity (Wildman–Crippen MR) is 86.2 cm³/mol. The predicted octanol–water partition coefficient (Wildman–Crippen LogP) is 4.51. The van der Waals surface area contributed by atoms with E-state index in [-0.39, 0.29) is 0 Å². The molecule has 1 heterocycles. The summed E-state index contributed by atoms with van der Waals surface area (Å²) in [5.41, 5.74) is 5.39. The highest BCUT2D eigenvalue weighted by Crippen LogP contribution is 2.41. The van der Waals surface area contributed by atoms with Gasteiger partial charge in [-0.3, -0.25) is 0 Å². The van der Waals surface area contributed by atoms with Gasteiger partial charge < -0.3 is 10.1 Å². The molecule has 0 unspecified atom stereocenters. The summed E-state index contributed by atoms with van der Waals surface area (Å²) in [5.74, 6) is 0. The van der Waals surface area contributed by atoms with Crippen molar-refractivity contribution in [1.29, 1.82) is 0 Å². The Hall–Kier alpha value is -2.06. The van der Waals surface area contributed by atoms with Gasteiger partial charge in [-0.2, -0.15) is 0 Å². The number of aromatic nitrogens is 1. The Morgan fingerprint density at radius 3 is 2.48 bits per heavy atom. The first kappa shape index (κ1) is 12.7. The van der Waals surface area contributed by atoms with Crippen LogP contribution in [0.15, 0.2) is 48.7 Å². The molecule has 1 fully saturated rings. The van der Waals surface area contributed by atoms with Gasteiger partial charge in [0, 0.05) is 11.7 Å². The zero-order chi connectivity index (χ0) is 14.4. The zero-order valence-electron chi connectivity index (χ0n) is 12.2. The summed E-state index contributed by atoms with van der Waals surface area (Å²) < 4.78 is 0. The van der Waals surface area contributed by atoms with Crippen molar-refractivity contribution in [2.45, 2.75) is 31.8 Å². The molecule has 2 nitrogen and oxygen atoms in total. The summed E-state index contributed by atoms with van der Waals surface area (Å²) in [6, 6.07) is 14.9. The van der Waals surface area contributed by atoms with Crippen LogP contribution in [0.25, 0.3) is 22.0 Å². The normalized spacial score (nSPS) is 16.9. The highest BCUT2D eigenvalue weighted by atomic mass is 16.3. The van der Waals surface area contributed by atoms with E-state index in [1.165, 1.54) is 27.6 Å². The van der Waals surface area contributed by atoms with E-state index in [9.17, 15) is 5.11 Å². The molecule has 0 radical (unpaired) electrons. The van der Waals surface area contributed by atoms with Gasteiger partial charge in [0.2, 0.25) is 0 Å². The molecule has 1 aliphatic carbocycles. The molecule has 3 aromatic rings. The van der Waals surface area contributed by atoms with Crippen molar-refractivity contribution in [3.63, 3.8) is 0 Å². The van der Waals surface area contributed by atoms with Crippen LogP contribution >= 0.6 is 0 Å². The lowest BCUT2D eigenvalue weighted by molar-refractivity contribution is -0.0387. The van der Waals surface area contributed by atoms with E-state index in [4.69, 9.17) is 0 Å². The fraction of sp³-hybridized carbons (Fsp3) is 0.263. The number of aliphatic hydroxyl groups is 1. The zero-order valence-corrected chi connectivity index (χ0v) is 12.2. The molecule has 21 heavy (non-hydrogen) atoms. The fourth-order valence-electron chi connectivity index (χ4n) is 3.28. The number of benzene rings is 2. The lowest BCUT2D eigenvalue weighted by Crippen LogP contribution is -2.33. The molecular weight excluding hydrogens is 258 g/mol. The monoisotopic (exact) mass is 277 g/mol. The van der Waals surface area contributed by atoms with Gasteiger partial charge in [-0.15, -0.1) is 0 Å². The Bertz CT molecular complexity index is 794. The number of fused-ring (bicyclic) bond motifs is 1. The maximum atomic E-state index is 10.4. The van der Waals surface area contributed by atoms with Gasteiger partial charge in [0.05, 0.1) is 5.60 Å². The molecule has 0 atom stereocenters. The van der Waals surface area contributed by atoms with Crippen molar-refractivity contribution in [3.8, 4) is 11.1 Å². The van der Waals surface area contributed by atoms with Crippen molar-refractivity contribution < 1.29 is 5.11 Å². The summed E-state index contributed by atoms with van der Waals surface area (Å²) >= 11 is 0. The quantitative estimate of drug-likeness (QED) is 0.710. The second-order valence-electron chi connectivity index (χ2n) is 6.19. The summed E-state index contributed by atoms with van der Waals surface area (Å²) in [4.78, 5) is 3.25. The molecule has 0 saturated heterocycles. The lowest BCUT2D eigenvalue weighted by atomic mass is 9.75. The molecule has 1 aliphatic rings. The number of hydrogen-bond donors (Lipinski definition) is 2. The first-order valence-corrected chi connectivity index (χ1v) is 7.57. The largest absolute Gasteiger partial charge is 0.385 e. The van der Waals surface area contributed by atoms with Crippen LogP contribution in [0.5, 0.6) is 0 Å². The number of rotatable bonds is 2. The van der Waals surface area contributed by atoms with E-state index in [1.807, 2.05) is 6.20 Å². The topological polar surface area (TPSA) is 36.0 Å². The van der Waals surface area contributed by atoms with Crippen molar-refractivity contribution >= 4 is 10.9 Å². The van der Waals surface area contributed by atoms with Crippen molar-refractivity contribution in [1.82, 2.24) is 4.98 Å². The molecule has 0 bridgehead atoms. The van der Waals surface area contributed by atoms with E-state index in [1.54, 1.807) is 0 Å². The van der Waals surface area contributed by atoms with Gasteiger partial charge in [0.1, 0.15) is 0 Å². The number of H-pyrrole nitrogens is 1. The van der Waals surface area contributed by atoms with Crippen LogP contribution in [0, 0.1) is 6.92 Å². The minimum atomic E-state index is -0.571. The van der Waals surface area contributed by atoms with E-state index < -0.39 is 5.60 Å². The maximum absolute atomic E-state index is 10.4. The average molecular weight is 277 g/mol. The third-order valence-corrected chi connectivity index (χ3v) is 4.81. The van der Waals surface area contributed by atoms with Crippen molar-refractivity contribution in [3.05, 3.63) is 59.8 Å². The van der Waals surface area contributed by atoms with Gasteiger partial charge in [-0.05, 0) is 72.0 Å². The molecule has 1 aromatic heterocycles. The molecule has 0 spiro atoms. The Balaban J connectivity index is 1.76. The minimum Gasteiger partial charge on any atom is -0.385 e. The average Bonchev–Trinajstić information content (AvgIpc) is 2.91. The highest BCUT2D eigenvalue weighted by molar-refractivity contribution is 5.87. The summed E-state index contributed by atoms with van der Waals surface area (Å²) in [5, 5.41) is 11.6. The SMILES string of the molecule is Cc1cc2[nH]ccc2cc1-c1ccc(C2(O)CCC2)cc1. The first-order valence-electron chi connectivity index (χ1n) is 7.57. The van der Waals surface area contributed by atoms with Crippen molar-refractivity contribution in [2.24, 2.45) is 0 Å². The maximum Gasteiger partial charge on any atom is 0.0896 e. The van der Waals surface area contributed by atoms with Crippen LogP contribution in [0.3, 0.4) is 0 Å². The van der Waals surface area contributed by atoms with E-state index >= 15 is 0 Å². The molecule has 0 amide bonds. The van der Waals surface area contributed by atoms with Gasteiger partial charge in [0.25, 0.3) is 0 Å². The van der Waals surface area contributed by atoms with Crippen LogP contribution in [0.1, 0.15) is 30.4 Å². The van der Waals surface area contributed by atoms with Crippen molar-refractivity contribution in [2.75, 3.05) is 0 Å². The smallest absolute Gasteiger partial charge is 0.0896 e. The van der Waals surface area contributed by atoms with E-state index in [0.29, 0.717) is 0 Å². The number of aryl methyl sites for hydroxylation is 1. The van der Waals surface area contributed by atoms with Crippen LogP contribution < -0.4 is 0 Å². The standard InChI is InChI=1S/C19H19NO/c1-13-11-18-15(7-10-20-18)12-17(13)14-3-5-16(6-4-14)19(21)8-2-9-19/h3-7,10-12,20-21H,2,8-9H2,1H3. The lowest BCUT2D eigenvalue weighted by Gasteiger charge is -2.37. The Labute approximate surface area is 124 Å². The van der Waals surface area contributed by atoms with Crippen LogP contribution in [-0.4, -0.2) is 10.1 Å². The van der Waals surface area contributed by atoms with Gasteiger partial charge >= 0.3 is 0 Å². The molecule has 106 valence electrons. The highest BCUT2D eigenvalue weighted by Gasteiger charge is 2.35. The fourth-order valence-corrected chi connectivity index (χ4v) is 3.28. The molecule has 2 heteroatoms. The summed E-state index contributed by atoms with van der Waals surface area (Å²) in [6.45, 7) is 2.14. The number of nitrogens with one attached hydrogen (secondary N) is 1. The minimum absolute atomic E-state index is 0.571. The molecule has 0 aliphatic heterocycles. The molecule has 2 aromatic carbocycles. The Morgan fingerprint density at radius 2 is 1.81 bits per heavy atom. The summed E-state index contributed by atoms with van der Waals surface area (Å²) in [7, 11) is 0.